The Hall–Kier alpha value is -3.31. The number of carbonyl (C=O) groups is 1. The molecule has 0 saturated heterocycles. The highest BCUT2D eigenvalue weighted by molar-refractivity contribution is 6.30. The first-order chi connectivity index (χ1) is 14.6. The van der Waals surface area contributed by atoms with Crippen LogP contribution in [0.2, 0.25) is 5.02 Å². The normalized spacial score (nSPS) is 10.9. The first-order valence-electron chi connectivity index (χ1n) is 9.75. The molecule has 0 aliphatic carbocycles. The molecule has 30 heavy (non-hydrogen) atoms. The van der Waals surface area contributed by atoms with E-state index in [2.05, 4.69) is 5.32 Å². The third-order valence-electron chi connectivity index (χ3n) is 4.96. The monoisotopic (exact) mass is 419 g/mol. The van der Waals surface area contributed by atoms with Crippen molar-refractivity contribution in [2.45, 2.75) is 19.4 Å². The van der Waals surface area contributed by atoms with Crippen molar-refractivity contribution in [2.24, 2.45) is 0 Å². The number of pyridine rings is 1. The summed E-state index contributed by atoms with van der Waals surface area (Å²) in [6.45, 7) is 0.466. The van der Waals surface area contributed by atoms with Crippen LogP contribution in [0.1, 0.15) is 17.7 Å². The highest BCUT2D eigenvalue weighted by Crippen LogP contribution is 2.26. The number of benzene rings is 2. The molecule has 1 N–H and O–H groups in total. The molecule has 0 saturated carbocycles. The van der Waals surface area contributed by atoms with E-state index in [0.29, 0.717) is 24.4 Å². The Labute approximate surface area is 180 Å². The Kier molecular flexibility index (Phi) is 6.00. The van der Waals surface area contributed by atoms with Crippen molar-refractivity contribution in [1.82, 2.24) is 14.7 Å². The average Bonchev–Trinajstić information content (AvgIpc) is 3.15. The lowest BCUT2D eigenvalue weighted by atomic mass is 10.1. The van der Waals surface area contributed by atoms with Crippen LogP contribution < -0.4 is 10.1 Å². The van der Waals surface area contributed by atoms with Crippen molar-refractivity contribution in [2.75, 3.05) is 7.11 Å². The number of methoxy groups -OCH3 is 1. The zero-order valence-electron chi connectivity index (χ0n) is 16.6. The molecule has 152 valence electrons. The van der Waals surface area contributed by atoms with Gasteiger partial charge in [-0.2, -0.15) is 0 Å². The Morgan fingerprint density at radius 1 is 1.10 bits per heavy atom. The molecule has 2 heterocycles. The average molecular weight is 420 g/mol. The van der Waals surface area contributed by atoms with Crippen molar-refractivity contribution < 1.29 is 9.53 Å². The van der Waals surface area contributed by atoms with Gasteiger partial charge in [0.15, 0.2) is 0 Å². The number of nitrogens with zero attached hydrogens (tertiary/aromatic N) is 2. The molecule has 0 aliphatic heterocycles. The molecule has 0 bridgehead atoms. The third kappa shape index (κ3) is 4.47. The van der Waals surface area contributed by atoms with Gasteiger partial charge in [-0.15, -0.1) is 0 Å². The fraction of sp³-hybridized carbons (Fsp3) is 0.167. The number of hydrogen-bond donors (Lipinski definition) is 1. The van der Waals surface area contributed by atoms with E-state index in [1.807, 2.05) is 77.3 Å². The number of rotatable bonds is 7. The third-order valence-corrected chi connectivity index (χ3v) is 5.21. The molecule has 0 radical (unpaired) electrons. The van der Waals surface area contributed by atoms with E-state index in [0.717, 1.165) is 33.9 Å². The summed E-state index contributed by atoms with van der Waals surface area (Å²) in [4.78, 5) is 17.3. The number of hydrogen-bond acceptors (Lipinski definition) is 3. The molecule has 0 spiro atoms. The standard InChI is InChI=1S/C24H22ClN3O2/c1-30-20-6-4-5-17(15-20)16-26-23(29)13-12-21-24(18-8-10-19(25)11-9-18)27-22-7-2-3-14-28(21)22/h2-11,14-15H,12-13,16H2,1H3,(H,26,29). The maximum atomic E-state index is 12.5. The van der Waals surface area contributed by atoms with E-state index < -0.39 is 0 Å². The minimum absolute atomic E-state index is 0.00856. The summed E-state index contributed by atoms with van der Waals surface area (Å²) in [5.74, 6) is 0.769. The first kappa shape index (κ1) is 20.0. The first-order valence-corrected chi connectivity index (χ1v) is 10.1. The molecular formula is C24H22ClN3O2. The van der Waals surface area contributed by atoms with Gasteiger partial charge in [-0.25, -0.2) is 4.98 Å². The van der Waals surface area contributed by atoms with Gasteiger partial charge in [0.1, 0.15) is 11.4 Å². The lowest BCUT2D eigenvalue weighted by molar-refractivity contribution is -0.121. The van der Waals surface area contributed by atoms with Gasteiger partial charge >= 0.3 is 0 Å². The van der Waals surface area contributed by atoms with E-state index in [4.69, 9.17) is 21.3 Å². The summed E-state index contributed by atoms with van der Waals surface area (Å²) in [5.41, 5.74) is 4.71. The van der Waals surface area contributed by atoms with Crippen molar-refractivity contribution in [3.63, 3.8) is 0 Å². The summed E-state index contributed by atoms with van der Waals surface area (Å²) in [7, 11) is 1.63. The molecule has 2 aromatic heterocycles. The summed E-state index contributed by atoms with van der Waals surface area (Å²) in [5, 5.41) is 3.67. The van der Waals surface area contributed by atoms with E-state index >= 15 is 0 Å². The highest BCUT2D eigenvalue weighted by atomic mass is 35.5. The second kappa shape index (κ2) is 9.01. The summed E-state index contributed by atoms with van der Waals surface area (Å²) >= 11 is 6.04. The number of halogens is 1. The van der Waals surface area contributed by atoms with Gasteiger partial charge in [-0.05, 0) is 48.4 Å². The number of aryl methyl sites for hydroxylation is 1. The van der Waals surface area contributed by atoms with Crippen LogP contribution in [0.3, 0.4) is 0 Å². The van der Waals surface area contributed by atoms with Gasteiger partial charge in [0.25, 0.3) is 0 Å². The molecule has 0 aliphatic rings. The lowest BCUT2D eigenvalue weighted by Gasteiger charge is -2.08. The zero-order valence-corrected chi connectivity index (χ0v) is 17.4. The van der Waals surface area contributed by atoms with Gasteiger partial charge in [0.05, 0.1) is 18.5 Å². The van der Waals surface area contributed by atoms with Crippen molar-refractivity contribution >= 4 is 23.2 Å². The molecule has 0 atom stereocenters. The quantitative estimate of drug-likeness (QED) is 0.463. The summed E-state index contributed by atoms with van der Waals surface area (Å²) in [6, 6.07) is 21.2. The topological polar surface area (TPSA) is 55.6 Å². The van der Waals surface area contributed by atoms with Gasteiger partial charge in [-0.1, -0.05) is 41.9 Å². The van der Waals surface area contributed by atoms with E-state index in [9.17, 15) is 4.79 Å². The molecule has 2 aromatic carbocycles. The predicted octanol–water partition coefficient (Wildman–Crippen LogP) is 4.91. The van der Waals surface area contributed by atoms with E-state index in [-0.39, 0.29) is 5.91 Å². The van der Waals surface area contributed by atoms with Crippen LogP contribution in [0, 0.1) is 0 Å². The lowest BCUT2D eigenvalue weighted by Crippen LogP contribution is -2.23. The van der Waals surface area contributed by atoms with Crippen LogP contribution in [0.5, 0.6) is 5.75 Å². The number of aromatic nitrogens is 2. The Balaban J connectivity index is 1.49. The van der Waals surface area contributed by atoms with Gasteiger partial charge in [-0.3, -0.25) is 4.79 Å². The molecular weight excluding hydrogens is 398 g/mol. The van der Waals surface area contributed by atoms with Crippen LogP contribution >= 0.6 is 11.6 Å². The number of nitrogens with one attached hydrogen (secondary N) is 1. The summed E-state index contributed by atoms with van der Waals surface area (Å²) < 4.78 is 7.27. The zero-order chi connectivity index (χ0) is 20.9. The maximum Gasteiger partial charge on any atom is 0.220 e. The van der Waals surface area contributed by atoms with Crippen LogP contribution in [0.15, 0.2) is 72.9 Å². The maximum absolute atomic E-state index is 12.5. The second-order valence-electron chi connectivity index (χ2n) is 6.97. The molecule has 1 amide bonds. The fourth-order valence-corrected chi connectivity index (χ4v) is 3.55. The molecule has 0 unspecified atom stereocenters. The van der Waals surface area contributed by atoms with Crippen LogP contribution in [-0.4, -0.2) is 22.4 Å². The second-order valence-corrected chi connectivity index (χ2v) is 7.41. The highest BCUT2D eigenvalue weighted by Gasteiger charge is 2.15. The summed E-state index contributed by atoms with van der Waals surface area (Å²) in [6.07, 6.45) is 2.92. The van der Waals surface area contributed by atoms with E-state index in [1.165, 1.54) is 0 Å². The predicted molar refractivity (Wildman–Crippen MR) is 119 cm³/mol. The fourth-order valence-electron chi connectivity index (χ4n) is 3.43. The van der Waals surface area contributed by atoms with Gasteiger partial charge in [0.2, 0.25) is 5.91 Å². The SMILES string of the molecule is COc1cccc(CNC(=O)CCc2c(-c3ccc(Cl)cc3)nc3ccccn23)c1. The van der Waals surface area contributed by atoms with E-state index in [1.54, 1.807) is 7.11 Å². The minimum Gasteiger partial charge on any atom is -0.497 e. The minimum atomic E-state index is -0.00856. The Morgan fingerprint density at radius 2 is 1.93 bits per heavy atom. The smallest absolute Gasteiger partial charge is 0.220 e. The Morgan fingerprint density at radius 3 is 2.73 bits per heavy atom. The van der Waals surface area contributed by atoms with Crippen LogP contribution in [0.25, 0.3) is 16.9 Å². The van der Waals surface area contributed by atoms with Crippen molar-refractivity contribution in [1.29, 1.82) is 0 Å². The molecule has 4 rings (SSSR count). The van der Waals surface area contributed by atoms with Crippen LogP contribution in [-0.2, 0) is 17.8 Å². The number of carbonyl (C=O) groups excluding carboxylic acids is 1. The number of fused-ring (bicyclic) bond motifs is 1. The Bertz CT molecular complexity index is 1170. The number of amides is 1. The van der Waals surface area contributed by atoms with Crippen molar-refractivity contribution in [3.8, 4) is 17.0 Å². The van der Waals surface area contributed by atoms with Gasteiger partial charge < -0.3 is 14.5 Å². The molecule has 4 aromatic rings. The van der Waals surface area contributed by atoms with Crippen LogP contribution in [0.4, 0.5) is 0 Å². The largest absolute Gasteiger partial charge is 0.497 e. The molecule has 5 nitrogen and oxygen atoms in total. The molecule has 0 fully saturated rings. The van der Waals surface area contributed by atoms with Crippen molar-refractivity contribution in [3.05, 3.63) is 89.2 Å². The van der Waals surface area contributed by atoms with Gasteiger partial charge in [0, 0.05) is 29.7 Å². The number of ether oxygens (including phenoxy) is 1. The molecule has 6 heteroatoms. The number of imidazole rings is 1.